The second kappa shape index (κ2) is 9.77. The number of carbonyl (C=O) groups excluding carboxylic acids is 1. The maximum atomic E-state index is 14.6. The Morgan fingerprint density at radius 1 is 1.10 bits per heavy atom. The highest BCUT2D eigenvalue weighted by molar-refractivity contribution is 5.98. The summed E-state index contributed by atoms with van der Waals surface area (Å²) in [4.78, 5) is 19.7. The molecule has 3 rings (SSSR count). The van der Waals surface area contributed by atoms with E-state index in [1.165, 1.54) is 6.07 Å². The van der Waals surface area contributed by atoms with Crippen molar-refractivity contribution < 1.29 is 9.18 Å². The van der Waals surface area contributed by atoms with E-state index in [4.69, 9.17) is 4.98 Å². The van der Waals surface area contributed by atoms with Crippen LogP contribution in [-0.2, 0) is 0 Å². The summed E-state index contributed by atoms with van der Waals surface area (Å²) in [5.74, 6) is 0.353. The third-order valence-electron chi connectivity index (χ3n) is 5.55. The Bertz CT molecular complexity index is 1080. The Labute approximate surface area is 183 Å². The first-order chi connectivity index (χ1) is 14.9. The zero-order valence-electron chi connectivity index (χ0n) is 18.9. The van der Waals surface area contributed by atoms with Crippen LogP contribution in [0.4, 0.5) is 15.9 Å². The van der Waals surface area contributed by atoms with Crippen LogP contribution in [0.25, 0.3) is 10.9 Å². The van der Waals surface area contributed by atoms with E-state index in [1.807, 2.05) is 38.1 Å². The first-order valence-electron chi connectivity index (χ1n) is 10.9. The summed E-state index contributed by atoms with van der Waals surface area (Å²) in [6.07, 6.45) is 0. The van der Waals surface area contributed by atoms with Gasteiger partial charge in [-0.3, -0.25) is 4.79 Å². The maximum absolute atomic E-state index is 14.6. The molecular formula is C25H31FN4O. The molecule has 0 unspecified atom stereocenters. The minimum Gasteiger partial charge on any atom is -0.385 e. The second-order valence-corrected chi connectivity index (χ2v) is 7.66. The van der Waals surface area contributed by atoms with E-state index in [0.717, 1.165) is 47.6 Å². The fraction of sp³-hybridized carbons (Fsp3) is 0.360. The standard InChI is InChI=1S/C25H31FN4O/c1-6-27-23-15-21(26)20(13-16(23)4)17(5)28-25(31)19-9-11-22-18(14-19)10-12-24(29-22)30(7-2)8-3/h9-15,17,27H,6-8H2,1-5H3,(H,28,31)/t17-/m1/s1. The molecule has 0 saturated carbocycles. The number of aryl methyl sites for hydroxylation is 1. The van der Waals surface area contributed by atoms with Gasteiger partial charge in [0, 0.05) is 41.8 Å². The molecule has 0 bridgehead atoms. The van der Waals surface area contributed by atoms with Gasteiger partial charge in [0.15, 0.2) is 0 Å². The zero-order chi connectivity index (χ0) is 22.5. The first kappa shape index (κ1) is 22.5. The Hall–Kier alpha value is -3.15. The molecule has 2 aromatic carbocycles. The van der Waals surface area contributed by atoms with E-state index in [9.17, 15) is 9.18 Å². The highest BCUT2D eigenvalue weighted by atomic mass is 19.1. The third-order valence-corrected chi connectivity index (χ3v) is 5.55. The number of halogens is 1. The summed E-state index contributed by atoms with van der Waals surface area (Å²) in [7, 11) is 0. The molecule has 3 aromatic rings. The molecule has 2 N–H and O–H groups in total. The van der Waals surface area contributed by atoms with Gasteiger partial charge in [-0.2, -0.15) is 0 Å². The largest absolute Gasteiger partial charge is 0.385 e. The Balaban J connectivity index is 1.79. The van der Waals surface area contributed by atoms with Crippen molar-refractivity contribution in [2.45, 2.75) is 40.7 Å². The number of hydrogen-bond acceptors (Lipinski definition) is 4. The molecule has 0 aliphatic heterocycles. The molecule has 5 nitrogen and oxygen atoms in total. The van der Waals surface area contributed by atoms with Crippen LogP contribution in [0.1, 0.15) is 55.2 Å². The number of carbonyl (C=O) groups is 1. The van der Waals surface area contributed by atoms with Gasteiger partial charge in [0.2, 0.25) is 0 Å². The normalized spacial score (nSPS) is 11.9. The van der Waals surface area contributed by atoms with E-state index >= 15 is 0 Å². The molecule has 6 heteroatoms. The minimum absolute atomic E-state index is 0.241. The van der Waals surface area contributed by atoms with Crippen molar-refractivity contribution in [3.05, 3.63) is 65.0 Å². The van der Waals surface area contributed by atoms with Gasteiger partial charge >= 0.3 is 0 Å². The van der Waals surface area contributed by atoms with Gasteiger partial charge < -0.3 is 15.5 Å². The average Bonchev–Trinajstić information content (AvgIpc) is 2.76. The van der Waals surface area contributed by atoms with E-state index in [-0.39, 0.29) is 11.7 Å². The van der Waals surface area contributed by atoms with Crippen LogP contribution in [0.3, 0.4) is 0 Å². The van der Waals surface area contributed by atoms with Crippen LogP contribution in [0, 0.1) is 12.7 Å². The Morgan fingerprint density at radius 3 is 2.52 bits per heavy atom. The molecule has 0 fully saturated rings. The summed E-state index contributed by atoms with van der Waals surface area (Å²) >= 11 is 0. The van der Waals surface area contributed by atoms with E-state index in [2.05, 4.69) is 29.4 Å². The van der Waals surface area contributed by atoms with E-state index in [1.54, 1.807) is 19.1 Å². The summed E-state index contributed by atoms with van der Waals surface area (Å²) in [5.41, 5.74) is 3.56. The summed E-state index contributed by atoms with van der Waals surface area (Å²) < 4.78 is 14.6. The number of nitrogens with one attached hydrogen (secondary N) is 2. The highest BCUT2D eigenvalue weighted by Crippen LogP contribution is 2.25. The number of pyridine rings is 1. The smallest absolute Gasteiger partial charge is 0.251 e. The fourth-order valence-electron chi connectivity index (χ4n) is 3.75. The van der Waals surface area contributed by atoms with E-state index in [0.29, 0.717) is 11.1 Å². The van der Waals surface area contributed by atoms with Gasteiger partial charge in [0.05, 0.1) is 11.6 Å². The maximum Gasteiger partial charge on any atom is 0.251 e. The van der Waals surface area contributed by atoms with Crippen molar-refractivity contribution in [1.82, 2.24) is 10.3 Å². The number of amides is 1. The predicted molar refractivity (Wildman–Crippen MR) is 126 cm³/mol. The molecular weight excluding hydrogens is 391 g/mol. The average molecular weight is 423 g/mol. The van der Waals surface area contributed by atoms with Crippen LogP contribution in [0.5, 0.6) is 0 Å². The Morgan fingerprint density at radius 2 is 1.84 bits per heavy atom. The molecule has 0 aliphatic rings. The molecule has 1 amide bonds. The lowest BCUT2D eigenvalue weighted by atomic mass is 10.0. The Kier molecular flexibility index (Phi) is 7.10. The molecule has 31 heavy (non-hydrogen) atoms. The molecule has 0 saturated heterocycles. The number of rotatable bonds is 8. The topological polar surface area (TPSA) is 57.3 Å². The molecule has 1 aromatic heterocycles. The van der Waals surface area contributed by atoms with Crippen LogP contribution in [0.15, 0.2) is 42.5 Å². The van der Waals surface area contributed by atoms with Gasteiger partial charge in [0.1, 0.15) is 11.6 Å². The lowest BCUT2D eigenvalue weighted by molar-refractivity contribution is 0.0939. The van der Waals surface area contributed by atoms with E-state index < -0.39 is 6.04 Å². The summed E-state index contributed by atoms with van der Waals surface area (Å²) in [6, 6.07) is 12.2. The van der Waals surface area contributed by atoms with Gasteiger partial charge in [-0.15, -0.1) is 0 Å². The molecule has 1 atom stereocenters. The number of nitrogens with zero attached hydrogens (tertiary/aromatic N) is 2. The second-order valence-electron chi connectivity index (χ2n) is 7.66. The third kappa shape index (κ3) is 4.95. The first-order valence-corrected chi connectivity index (χ1v) is 10.9. The van der Waals surface area contributed by atoms with Crippen LogP contribution >= 0.6 is 0 Å². The molecule has 1 heterocycles. The lowest BCUT2D eigenvalue weighted by Gasteiger charge is -2.20. The van der Waals surface area contributed by atoms with Crippen molar-refractivity contribution in [1.29, 1.82) is 0 Å². The van der Waals surface area contributed by atoms with Gasteiger partial charge in [-0.25, -0.2) is 9.37 Å². The van der Waals surface area contributed by atoms with Gasteiger partial charge in [0.25, 0.3) is 5.91 Å². The highest BCUT2D eigenvalue weighted by Gasteiger charge is 2.17. The quantitative estimate of drug-likeness (QED) is 0.507. The van der Waals surface area contributed by atoms with Crippen molar-refractivity contribution in [3.63, 3.8) is 0 Å². The molecule has 0 aliphatic carbocycles. The summed E-state index contributed by atoms with van der Waals surface area (Å²) in [5, 5.41) is 6.96. The number of benzene rings is 2. The minimum atomic E-state index is -0.458. The molecule has 164 valence electrons. The van der Waals surface area contributed by atoms with Gasteiger partial charge in [-0.1, -0.05) is 0 Å². The fourth-order valence-corrected chi connectivity index (χ4v) is 3.75. The number of fused-ring (bicyclic) bond motifs is 1. The SMILES string of the molecule is CCNc1cc(F)c([C@@H](C)NC(=O)c2ccc3nc(N(CC)CC)ccc3c2)cc1C. The molecule has 0 radical (unpaired) electrons. The van der Waals surface area contributed by atoms with Crippen LogP contribution in [0.2, 0.25) is 0 Å². The lowest BCUT2D eigenvalue weighted by Crippen LogP contribution is -2.27. The van der Waals surface area contributed by atoms with Crippen LogP contribution < -0.4 is 15.5 Å². The number of anilines is 2. The predicted octanol–water partition coefficient (Wildman–Crippen LogP) is 5.45. The van der Waals surface area contributed by atoms with Crippen molar-refractivity contribution >= 4 is 28.3 Å². The zero-order valence-corrected chi connectivity index (χ0v) is 18.9. The van der Waals surface area contributed by atoms with Crippen molar-refractivity contribution in [3.8, 4) is 0 Å². The summed E-state index contributed by atoms with van der Waals surface area (Å²) in [6.45, 7) is 12.4. The van der Waals surface area contributed by atoms with Crippen molar-refractivity contribution in [2.24, 2.45) is 0 Å². The number of hydrogen-bond donors (Lipinski definition) is 2. The van der Waals surface area contributed by atoms with Crippen LogP contribution in [-0.4, -0.2) is 30.5 Å². The molecule has 0 spiro atoms. The number of aromatic nitrogens is 1. The monoisotopic (exact) mass is 422 g/mol. The van der Waals surface area contributed by atoms with Gasteiger partial charge in [-0.05, 0) is 82.6 Å². The van der Waals surface area contributed by atoms with Crippen molar-refractivity contribution in [2.75, 3.05) is 29.9 Å².